The van der Waals surface area contributed by atoms with Gasteiger partial charge in [-0.05, 0) is 81.0 Å². The van der Waals surface area contributed by atoms with Crippen LogP contribution in [-0.4, -0.2) is 35.1 Å². The van der Waals surface area contributed by atoms with Gasteiger partial charge in [0.05, 0.1) is 6.20 Å². The molecule has 1 fully saturated rings. The molecule has 34 heavy (non-hydrogen) atoms. The van der Waals surface area contributed by atoms with E-state index in [1.165, 1.54) is 0 Å². The third-order valence-corrected chi connectivity index (χ3v) is 6.92. The second-order valence-corrected chi connectivity index (χ2v) is 10.1. The molecule has 0 aliphatic heterocycles. The third kappa shape index (κ3) is 7.45. The topological polar surface area (TPSA) is 80.3 Å². The summed E-state index contributed by atoms with van der Waals surface area (Å²) >= 11 is 1.64. The van der Waals surface area contributed by atoms with Crippen LogP contribution in [0.2, 0.25) is 0 Å². The van der Waals surface area contributed by atoms with E-state index in [-0.39, 0.29) is 29.4 Å². The number of ether oxygens (including phenoxy) is 1. The SMILES string of the molecule is CSc1ccc(Oc2ncc(F)cc2C(=O)NC2CCC(NC(=O)CCC(C)C)CC2)cc1C. The lowest BCUT2D eigenvalue weighted by molar-refractivity contribution is -0.122. The molecule has 1 saturated carbocycles. The Morgan fingerprint density at radius 2 is 1.82 bits per heavy atom. The number of amides is 2. The molecule has 2 amide bonds. The first-order valence-corrected chi connectivity index (χ1v) is 13.1. The highest BCUT2D eigenvalue weighted by atomic mass is 32.2. The van der Waals surface area contributed by atoms with Crippen LogP contribution in [0.3, 0.4) is 0 Å². The molecule has 1 aromatic carbocycles. The van der Waals surface area contributed by atoms with Gasteiger partial charge in [0.25, 0.3) is 5.91 Å². The molecule has 6 nitrogen and oxygen atoms in total. The summed E-state index contributed by atoms with van der Waals surface area (Å²) < 4.78 is 19.8. The van der Waals surface area contributed by atoms with Crippen molar-refractivity contribution in [1.82, 2.24) is 15.6 Å². The van der Waals surface area contributed by atoms with E-state index in [9.17, 15) is 14.0 Å². The number of aromatic nitrogens is 1. The summed E-state index contributed by atoms with van der Waals surface area (Å²) in [5.41, 5.74) is 1.11. The summed E-state index contributed by atoms with van der Waals surface area (Å²) in [6.07, 6.45) is 7.55. The quantitative estimate of drug-likeness (QED) is 0.448. The summed E-state index contributed by atoms with van der Waals surface area (Å²) in [4.78, 5) is 30.2. The van der Waals surface area contributed by atoms with Crippen LogP contribution in [0.15, 0.2) is 35.4 Å². The minimum atomic E-state index is -0.598. The predicted octanol–water partition coefficient (Wildman–Crippen LogP) is 5.64. The van der Waals surface area contributed by atoms with E-state index in [0.717, 1.165) is 54.8 Å². The van der Waals surface area contributed by atoms with Gasteiger partial charge in [0, 0.05) is 23.4 Å². The average Bonchev–Trinajstić information content (AvgIpc) is 2.80. The Balaban J connectivity index is 1.58. The van der Waals surface area contributed by atoms with Crippen LogP contribution in [0.25, 0.3) is 0 Å². The maximum atomic E-state index is 13.9. The molecule has 1 aliphatic rings. The van der Waals surface area contributed by atoms with Crippen molar-refractivity contribution in [3.8, 4) is 11.6 Å². The molecule has 0 spiro atoms. The number of benzene rings is 1. The number of nitrogens with zero attached hydrogens (tertiary/aromatic N) is 1. The number of carbonyl (C=O) groups is 2. The molecule has 8 heteroatoms. The highest BCUT2D eigenvalue weighted by Crippen LogP contribution is 2.29. The zero-order chi connectivity index (χ0) is 24.7. The minimum absolute atomic E-state index is 0.0458. The van der Waals surface area contributed by atoms with Crippen molar-refractivity contribution in [2.75, 3.05) is 6.26 Å². The highest BCUT2D eigenvalue weighted by molar-refractivity contribution is 7.98. The van der Waals surface area contributed by atoms with Crippen molar-refractivity contribution >= 4 is 23.6 Å². The second-order valence-electron chi connectivity index (χ2n) is 9.26. The first kappa shape index (κ1) is 26.0. The van der Waals surface area contributed by atoms with Crippen molar-refractivity contribution in [2.24, 2.45) is 5.92 Å². The summed E-state index contributed by atoms with van der Waals surface area (Å²) in [6, 6.07) is 6.86. The van der Waals surface area contributed by atoms with Crippen molar-refractivity contribution in [3.63, 3.8) is 0 Å². The first-order chi connectivity index (χ1) is 16.2. The molecule has 3 rings (SSSR count). The molecule has 1 aliphatic carbocycles. The number of thioether (sulfide) groups is 1. The van der Waals surface area contributed by atoms with E-state index in [1.807, 2.05) is 31.4 Å². The Bertz CT molecular complexity index is 1010. The third-order valence-electron chi connectivity index (χ3n) is 6.02. The van der Waals surface area contributed by atoms with E-state index >= 15 is 0 Å². The molecule has 0 saturated heterocycles. The smallest absolute Gasteiger partial charge is 0.257 e. The van der Waals surface area contributed by atoms with Gasteiger partial charge in [-0.3, -0.25) is 9.59 Å². The number of carbonyl (C=O) groups excluding carboxylic acids is 2. The van der Waals surface area contributed by atoms with Crippen molar-refractivity contribution < 1.29 is 18.7 Å². The lowest BCUT2D eigenvalue weighted by Crippen LogP contribution is -2.43. The Hall–Kier alpha value is -2.61. The van der Waals surface area contributed by atoms with Crippen molar-refractivity contribution in [1.29, 1.82) is 0 Å². The van der Waals surface area contributed by atoms with Crippen LogP contribution in [0, 0.1) is 18.7 Å². The Labute approximate surface area is 205 Å². The van der Waals surface area contributed by atoms with Gasteiger partial charge in [0.15, 0.2) is 0 Å². The van der Waals surface area contributed by atoms with Crippen LogP contribution < -0.4 is 15.4 Å². The van der Waals surface area contributed by atoms with Gasteiger partial charge in [-0.25, -0.2) is 9.37 Å². The maximum absolute atomic E-state index is 13.9. The molecule has 184 valence electrons. The van der Waals surface area contributed by atoms with Crippen LogP contribution in [0.1, 0.15) is 68.3 Å². The van der Waals surface area contributed by atoms with E-state index in [1.54, 1.807) is 11.8 Å². The van der Waals surface area contributed by atoms with Gasteiger partial charge in [-0.15, -0.1) is 11.8 Å². The summed E-state index contributed by atoms with van der Waals surface area (Å²) in [5, 5.41) is 6.09. The van der Waals surface area contributed by atoms with Gasteiger partial charge in [0.2, 0.25) is 11.8 Å². The molecule has 1 heterocycles. The number of rotatable bonds is 9. The zero-order valence-corrected chi connectivity index (χ0v) is 21.1. The number of hydrogen-bond donors (Lipinski definition) is 2. The van der Waals surface area contributed by atoms with Crippen molar-refractivity contribution in [2.45, 2.75) is 76.3 Å². The second kappa shape index (κ2) is 12.2. The fraction of sp³-hybridized carbons (Fsp3) is 0.500. The molecular weight excluding hydrogens is 453 g/mol. The zero-order valence-electron chi connectivity index (χ0n) is 20.3. The minimum Gasteiger partial charge on any atom is -0.438 e. The molecule has 2 aromatic rings. The van der Waals surface area contributed by atoms with E-state index in [4.69, 9.17) is 4.74 Å². The fourth-order valence-corrected chi connectivity index (χ4v) is 4.65. The normalized spacial score (nSPS) is 17.9. The number of hydrogen-bond acceptors (Lipinski definition) is 5. The monoisotopic (exact) mass is 487 g/mol. The van der Waals surface area contributed by atoms with Gasteiger partial charge in [-0.1, -0.05) is 13.8 Å². The highest BCUT2D eigenvalue weighted by Gasteiger charge is 2.25. The Kier molecular flexibility index (Phi) is 9.33. The van der Waals surface area contributed by atoms with E-state index in [2.05, 4.69) is 29.5 Å². The van der Waals surface area contributed by atoms with E-state index < -0.39 is 11.7 Å². The van der Waals surface area contributed by atoms with Gasteiger partial charge < -0.3 is 15.4 Å². The number of aryl methyl sites for hydroxylation is 1. The number of pyridine rings is 1. The molecule has 0 unspecified atom stereocenters. The fourth-order valence-electron chi connectivity index (χ4n) is 4.06. The Morgan fingerprint density at radius 1 is 1.15 bits per heavy atom. The van der Waals surface area contributed by atoms with Crippen LogP contribution in [-0.2, 0) is 4.79 Å². The standard InChI is InChI=1S/C26H34FN3O3S/c1-16(2)5-12-24(31)29-19-6-8-20(9-7-19)30-25(32)22-14-18(27)15-28-26(22)33-21-10-11-23(34-4)17(3)13-21/h10-11,13-16,19-20H,5-9,12H2,1-4H3,(H,29,31)(H,30,32). The van der Waals surface area contributed by atoms with Gasteiger partial charge >= 0.3 is 0 Å². The number of halogens is 1. The summed E-state index contributed by atoms with van der Waals surface area (Å²) in [7, 11) is 0. The molecular formula is C26H34FN3O3S. The Morgan fingerprint density at radius 3 is 2.44 bits per heavy atom. The molecule has 1 aromatic heterocycles. The molecule has 2 N–H and O–H groups in total. The van der Waals surface area contributed by atoms with Crippen molar-refractivity contribution in [3.05, 3.63) is 47.4 Å². The summed E-state index contributed by atoms with van der Waals surface area (Å²) in [6.45, 7) is 6.19. The van der Waals surface area contributed by atoms with Crippen LogP contribution in [0.4, 0.5) is 4.39 Å². The lowest BCUT2D eigenvalue weighted by atomic mass is 9.90. The largest absolute Gasteiger partial charge is 0.438 e. The average molecular weight is 488 g/mol. The van der Waals surface area contributed by atoms with Crippen LogP contribution >= 0.6 is 11.8 Å². The predicted molar refractivity (Wildman–Crippen MR) is 133 cm³/mol. The maximum Gasteiger partial charge on any atom is 0.257 e. The lowest BCUT2D eigenvalue weighted by Gasteiger charge is -2.30. The van der Waals surface area contributed by atoms with Gasteiger partial charge in [-0.2, -0.15) is 0 Å². The summed E-state index contributed by atoms with van der Waals surface area (Å²) in [5.74, 6) is 0.192. The molecule has 0 atom stereocenters. The van der Waals surface area contributed by atoms with Gasteiger partial charge in [0.1, 0.15) is 17.1 Å². The first-order valence-electron chi connectivity index (χ1n) is 11.8. The number of nitrogens with one attached hydrogen (secondary N) is 2. The van der Waals surface area contributed by atoms with E-state index in [0.29, 0.717) is 18.1 Å². The van der Waals surface area contributed by atoms with Crippen LogP contribution in [0.5, 0.6) is 11.6 Å². The molecule has 0 bridgehead atoms. The molecule has 0 radical (unpaired) electrons.